The van der Waals surface area contributed by atoms with Crippen molar-refractivity contribution in [3.05, 3.63) is 30.0 Å². The monoisotopic (exact) mass is 234 g/mol. The SMILES string of the molecule is CCn1ncnc1C(N)c1ccc(OC)nn1. The van der Waals surface area contributed by atoms with Gasteiger partial charge in [-0.2, -0.15) is 5.10 Å². The van der Waals surface area contributed by atoms with E-state index in [9.17, 15) is 0 Å². The Labute approximate surface area is 98.6 Å². The molecule has 90 valence electrons. The highest BCUT2D eigenvalue weighted by molar-refractivity contribution is 5.18. The van der Waals surface area contributed by atoms with Crippen LogP contribution in [0.1, 0.15) is 24.5 Å². The zero-order valence-electron chi connectivity index (χ0n) is 9.74. The second-order valence-electron chi connectivity index (χ2n) is 3.41. The fraction of sp³-hybridized carbons (Fsp3) is 0.400. The molecule has 0 fully saturated rings. The lowest BCUT2D eigenvalue weighted by molar-refractivity contribution is 0.390. The van der Waals surface area contributed by atoms with E-state index in [2.05, 4.69) is 20.3 Å². The Balaban J connectivity index is 2.27. The molecule has 2 rings (SSSR count). The Kier molecular flexibility index (Phi) is 3.29. The summed E-state index contributed by atoms with van der Waals surface area (Å²) in [6, 6.07) is 3.05. The van der Waals surface area contributed by atoms with Gasteiger partial charge in [-0.25, -0.2) is 9.67 Å². The molecular formula is C10H14N6O. The highest BCUT2D eigenvalue weighted by atomic mass is 16.5. The van der Waals surface area contributed by atoms with Crippen molar-refractivity contribution in [1.29, 1.82) is 0 Å². The van der Waals surface area contributed by atoms with E-state index in [4.69, 9.17) is 10.5 Å². The minimum absolute atomic E-state index is 0.434. The molecule has 2 aromatic rings. The summed E-state index contributed by atoms with van der Waals surface area (Å²) in [6.07, 6.45) is 1.48. The van der Waals surface area contributed by atoms with E-state index in [0.29, 0.717) is 23.9 Å². The molecule has 17 heavy (non-hydrogen) atoms. The summed E-state index contributed by atoms with van der Waals surface area (Å²) in [5, 5.41) is 11.9. The molecule has 2 heterocycles. The number of methoxy groups -OCH3 is 1. The molecule has 0 amide bonds. The molecule has 7 nitrogen and oxygen atoms in total. The van der Waals surface area contributed by atoms with Crippen LogP contribution in [-0.4, -0.2) is 32.1 Å². The van der Waals surface area contributed by atoms with Gasteiger partial charge in [0.15, 0.2) is 0 Å². The van der Waals surface area contributed by atoms with Crippen molar-refractivity contribution in [3.8, 4) is 5.88 Å². The van der Waals surface area contributed by atoms with Gasteiger partial charge in [0.1, 0.15) is 18.2 Å². The van der Waals surface area contributed by atoms with Gasteiger partial charge in [0.25, 0.3) is 0 Å². The Morgan fingerprint density at radius 1 is 1.41 bits per heavy atom. The number of hydrogen-bond donors (Lipinski definition) is 1. The van der Waals surface area contributed by atoms with Gasteiger partial charge in [-0.15, -0.1) is 10.2 Å². The van der Waals surface area contributed by atoms with Crippen molar-refractivity contribution < 1.29 is 4.74 Å². The zero-order valence-corrected chi connectivity index (χ0v) is 9.74. The Bertz CT molecular complexity index is 480. The molecule has 2 aromatic heterocycles. The maximum atomic E-state index is 6.06. The first kappa shape index (κ1) is 11.5. The summed E-state index contributed by atoms with van der Waals surface area (Å²) in [6.45, 7) is 2.69. The highest BCUT2D eigenvalue weighted by Gasteiger charge is 2.16. The minimum Gasteiger partial charge on any atom is -0.480 e. The van der Waals surface area contributed by atoms with Crippen LogP contribution in [0.3, 0.4) is 0 Å². The molecule has 7 heteroatoms. The van der Waals surface area contributed by atoms with Crippen molar-refractivity contribution >= 4 is 0 Å². The number of nitrogens with zero attached hydrogens (tertiary/aromatic N) is 5. The van der Waals surface area contributed by atoms with Crippen molar-refractivity contribution in [3.63, 3.8) is 0 Å². The first-order valence-corrected chi connectivity index (χ1v) is 5.27. The third-order valence-corrected chi connectivity index (χ3v) is 2.41. The predicted molar refractivity (Wildman–Crippen MR) is 60.3 cm³/mol. The maximum Gasteiger partial charge on any atom is 0.233 e. The molecule has 2 N–H and O–H groups in total. The van der Waals surface area contributed by atoms with Crippen LogP contribution in [0.25, 0.3) is 0 Å². The van der Waals surface area contributed by atoms with Crippen LogP contribution in [0.4, 0.5) is 0 Å². The van der Waals surface area contributed by atoms with E-state index in [-0.39, 0.29) is 0 Å². The Morgan fingerprint density at radius 3 is 2.82 bits per heavy atom. The Hall–Kier alpha value is -2.02. The van der Waals surface area contributed by atoms with Gasteiger partial charge < -0.3 is 10.5 Å². The lowest BCUT2D eigenvalue weighted by Crippen LogP contribution is -2.19. The number of hydrogen-bond acceptors (Lipinski definition) is 6. The van der Waals surface area contributed by atoms with Gasteiger partial charge in [0.2, 0.25) is 5.88 Å². The van der Waals surface area contributed by atoms with Crippen LogP contribution >= 0.6 is 0 Å². The van der Waals surface area contributed by atoms with Crippen molar-refractivity contribution in [2.24, 2.45) is 5.73 Å². The fourth-order valence-corrected chi connectivity index (χ4v) is 1.49. The summed E-state index contributed by atoms with van der Waals surface area (Å²) in [5.74, 6) is 1.13. The Morgan fingerprint density at radius 2 is 2.24 bits per heavy atom. The topological polar surface area (TPSA) is 91.7 Å². The maximum absolute atomic E-state index is 6.06. The lowest BCUT2D eigenvalue weighted by atomic mass is 10.2. The molecule has 0 aromatic carbocycles. The number of aryl methyl sites for hydroxylation is 1. The van der Waals surface area contributed by atoms with E-state index in [1.807, 2.05) is 6.92 Å². The molecule has 0 spiro atoms. The van der Waals surface area contributed by atoms with Gasteiger partial charge in [0, 0.05) is 12.6 Å². The second kappa shape index (κ2) is 4.88. The molecule has 0 saturated heterocycles. The van der Waals surface area contributed by atoms with Crippen molar-refractivity contribution in [2.45, 2.75) is 19.5 Å². The molecule has 0 aliphatic rings. The third-order valence-electron chi connectivity index (χ3n) is 2.41. The molecule has 1 unspecified atom stereocenters. The number of nitrogens with two attached hydrogens (primary N) is 1. The van der Waals surface area contributed by atoms with Gasteiger partial charge in [-0.05, 0) is 13.0 Å². The van der Waals surface area contributed by atoms with Gasteiger partial charge >= 0.3 is 0 Å². The average Bonchev–Trinajstić information content (AvgIpc) is 2.86. The summed E-state index contributed by atoms with van der Waals surface area (Å²) >= 11 is 0. The molecule has 0 saturated carbocycles. The molecule has 0 radical (unpaired) electrons. The van der Waals surface area contributed by atoms with Crippen molar-refractivity contribution in [1.82, 2.24) is 25.0 Å². The summed E-state index contributed by atoms with van der Waals surface area (Å²) < 4.78 is 6.67. The van der Waals surface area contributed by atoms with Crippen molar-refractivity contribution in [2.75, 3.05) is 7.11 Å². The lowest BCUT2D eigenvalue weighted by Gasteiger charge is -2.10. The van der Waals surface area contributed by atoms with Crippen LogP contribution in [-0.2, 0) is 6.54 Å². The number of rotatable bonds is 4. The van der Waals surface area contributed by atoms with Gasteiger partial charge in [-0.1, -0.05) is 0 Å². The quantitative estimate of drug-likeness (QED) is 0.809. The standard InChI is InChI=1S/C10H14N6O/c1-3-16-10(12-6-13-16)9(11)7-4-5-8(17-2)15-14-7/h4-6,9H,3,11H2,1-2H3. The van der Waals surface area contributed by atoms with Gasteiger partial charge in [0.05, 0.1) is 12.8 Å². The fourth-order valence-electron chi connectivity index (χ4n) is 1.49. The third kappa shape index (κ3) is 2.23. The molecule has 0 aliphatic heterocycles. The molecule has 0 aliphatic carbocycles. The molecular weight excluding hydrogens is 220 g/mol. The normalized spacial score (nSPS) is 12.4. The van der Waals surface area contributed by atoms with E-state index in [1.54, 1.807) is 16.8 Å². The second-order valence-corrected chi connectivity index (χ2v) is 3.41. The first-order chi connectivity index (χ1) is 8.26. The van der Waals surface area contributed by atoms with Crippen LogP contribution in [0.2, 0.25) is 0 Å². The zero-order chi connectivity index (χ0) is 12.3. The predicted octanol–water partition coefficient (Wildman–Crippen LogP) is 0.145. The first-order valence-electron chi connectivity index (χ1n) is 5.27. The number of ether oxygens (including phenoxy) is 1. The van der Waals surface area contributed by atoms with Crippen LogP contribution < -0.4 is 10.5 Å². The van der Waals surface area contributed by atoms with Crippen LogP contribution in [0.5, 0.6) is 5.88 Å². The van der Waals surface area contributed by atoms with Crippen LogP contribution in [0.15, 0.2) is 18.5 Å². The van der Waals surface area contributed by atoms with E-state index >= 15 is 0 Å². The summed E-state index contributed by atoms with van der Waals surface area (Å²) in [4.78, 5) is 4.13. The highest BCUT2D eigenvalue weighted by Crippen LogP contribution is 2.15. The average molecular weight is 234 g/mol. The summed E-state index contributed by atoms with van der Waals surface area (Å²) in [7, 11) is 1.54. The summed E-state index contributed by atoms with van der Waals surface area (Å²) in [5.41, 5.74) is 6.69. The number of aromatic nitrogens is 5. The van der Waals surface area contributed by atoms with Gasteiger partial charge in [-0.3, -0.25) is 0 Å². The van der Waals surface area contributed by atoms with Crippen LogP contribution in [0, 0.1) is 0 Å². The minimum atomic E-state index is -0.434. The smallest absolute Gasteiger partial charge is 0.233 e. The molecule has 1 atom stereocenters. The van der Waals surface area contributed by atoms with E-state index in [0.717, 1.165) is 0 Å². The van der Waals surface area contributed by atoms with E-state index < -0.39 is 6.04 Å². The molecule has 0 bridgehead atoms. The largest absolute Gasteiger partial charge is 0.480 e. The van der Waals surface area contributed by atoms with E-state index in [1.165, 1.54) is 13.4 Å².